The summed E-state index contributed by atoms with van der Waals surface area (Å²) in [5, 5.41) is 10.9. The second-order valence-electron chi connectivity index (χ2n) is 7.76. The minimum absolute atomic E-state index is 0.549. The minimum atomic E-state index is -0.549. The zero-order valence-electron chi connectivity index (χ0n) is 19.1. The van der Waals surface area contributed by atoms with Crippen LogP contribution in [0.5, 0.6) is 17.2 Å². The van der Waals surface area contributed by atoms with Gasteiger partial charge in [-0.15, -0.1) is 0 Å². The molecule has 0 spiro atoms. The van der Waals surface area contributed by atoms with Crippen LogP contribution in [0.15, 0.2) is 96.7 Å². The molecule has 0 saturated carbocycles. The lowest BCUT2D eigenvalue weighted by Gasteiger charge is -2.37. The van der Waals surface area contributed by atoms with Crippen LogP contribution in [0.2, 0.25) is 0 Å². The first-order valence-corrected chi connectivity index (χ1v) is 10.8. The highest BCUT2D eigenvalue weighted by Crippen LogP contribution is 2.31. The molecule has 3 aromatic rings. The monoisotopic (exact) mass is 443 g/mol. The number of benzene rings is 3. The van der Waals surface area contributed by atoms with E-state index in [4.69, 9.17) is 14.2 Å². The zero-order valence-corrected chi connectivity index (χ0v) is 19.1. The largest absolute Gasteiger partial charge is 0.497 e. The number of ether oxygens (including phenoxy) is 3. The van der Waals surface area contributed by atoms with E-state index >= 15 is 0 Å². The number of hydrogen-bond donors (Lipinski definition) is 3. The first-order chi connectivity index (χ1) is 16.1. The minimum Gasteiger partial charge on any atom is -0.497 e. The van der Waals surface area contributed by atoms with Crippen LogP contribution in [0.4, 0.5) is 17.1 Å². The Morgan fingerprint density at radius 2 is 1.03 bits per heavy atom. The average molecular weight is 444 g/mol. The van der Waals surface area contributed by atoms with Gasteiger partial charge in [0.15, 0.2) is 0 Å². The molecule has 0 fully saturated rings. The fraction of sp³-hybridized carbons (Fsp3) is 0.185. The lowest BCUT2D eigenvalue weighted by Crippen LogP contribution is -2.46. The van der Waals surface area contributed by atoms with Gasteiger partial charge in [0.25, 0.3) is 0 Å². The van der Waals surface area contributed by atoms with E-state index in [1.54, 1.807) is 21.3 Å². The summed E-state index contributed by atoms with van der Waals surface area (Å²) >= 11 is 0. The summed E-state index contributed by atoms with van der Waals surface area (Å²) in [5.41, 5.74) is 3.48. The summed E-state index contributed by atoms with van der Waals surface area (Å²) in [6.45, 7) is 0. The molecule has 4 rings (SSSR count). The first kappa shape index (κ1) is 22.1. The number of hydrogen-bond acceptors (Lipinski definition) is 6. The Morgan fingerprint density at radius 3 is 1.45 bits per heavy atom. The number of allylic oxidation sites excluding steroid dienone is 2. The lowest BCUT2D eigenvalue weighted by molar-refractivity contribution is 0.414. The third kappa shape index (κ3) is 5.60. The molecule has 170 valence electrons. The van der Waals surface area contributed by atoms with E-state index < -0.39 is 5.66 Å². The van der Waals surface area contributed by atoms with E-state index in [2.05, 4.69) is 34.2 Å². The molecule has 0 aliphatic heterocycles. The molecular weight excluding hydrogens is 414 g/mol. The van der Waals surface area contributed by atoms with Crippen molar-refractivity contribution in [2.75, 3.05) is 37.3 Å². The molecule has 6 nitrogen and oxygen atoms in total. The Hall–Kier alpha value is -4.06. The van der Waals surface area contributed by atoms with Crippen LogP contribution < -0.4 is 30.2 Å². The first-order valence-electron chi connectivity index (χ1n) is 10.8. The molecule has 6 heteroatoms. The zero-order chi connectivity index (χ0) is 23.1. The van der Waals surface area contributed by atoms with Gasteiger partial charge in [-0.2, -0.15) is 0 Å². The molecule has 0 atom stereocenters. The standard InChI is InChI=1S/C27H29N3O3/c1-31-24-12-6-20(7-13-24)28-23-5-4-18-27(19-23,29-21-8-14-25(32-2)15-9-21)30-22-10-16-26(33-3)17-11-22/h4-18,28-30H,19H2,1-3H3. The van der Waals surface area contributed by atoms with Gasteiger partial charge >= 0.3 is 0 Å². The Kier molecular flexibility index (Phi) is 6.74. The summed E-state index contributed by atoms with van der Waals surface area (Å²) in [6, 6.07) is 23.7. The van der Waals surface area contributed by atoms with Crippen LogP contribution in [0, 0.1) is 0 Å². The Morgan fingerprint density at radius 1 is 0.606 bits per heavy atom. The predicted octanol–water partition coefficient (Wildman–Crippen LogP) is 5.89. The topological polar surface area (TPSA) is 63.8 Å². The third-order valence-corrected chi connectivity index (χ3v) is 5.46. The molecule has 0 amide bonds. The maximum atomic E-state index is 5.30. The molecule has 0 aromatic heterocycles. The SMILES string of the molecule is COc1ccc(NC2=CC=CC(Nc3ccc(OC)cc3)(Nc3ccc(OC)cc3)C2)cc1. The van der Waals surface area contributed by atoms with Crippen molar-refractivity contribution in [3.8, 4) is 17.2 Å². The van der Waals surface area contributed by atoms with Gasteiger partial charge in [0.05, 0.1) is 21.3 Å². The van der Waals surface area contributed by atoms with E-state index in [1.807, 2.05) is 72.8 Å². The van der Waals surface area contributed by atoms with Crippen molar-refractivity contribution in [1.82, 2.24) is 0 Å². The fourth-order valence-corrected chi connectivity index (χ4v) is 3.76. The molecule has 0 unspecified atom stereocenters. The van der Waals surface area contributed by atoms with E-state index in [0.717, 1.165) is 40.0 Å². The number of nitrogens with one attached hydrogen (secondary N) is 3. The highest BCUT2D eigenvalue weighted by Gasteiger charge is 2.30. The van der Waals surface area contributed by atoms with Crippen LogP contribution >= 0.6 is 0 Å². The predicted molar refractivity (Wildman–Crippen MR) is 134 cm³/mol. The van der Waals surface area contributed by atoms with Gasteiger partial charge in [-0.25, -0.2) is 0 Å². The Balaban J connectivity index is 1.58. The molecule has 1 aliphatic rings. The van der Waals surface area contributed by atoms with Gasteiger partial charge < -0.3 is 30.2 Å². The summed E-state index contributed by atoms with van der Waals surface area (Å²) < 4.78 is 15.9. The molecule has 3 aromatic carbocycles. The molecule has 0 saturated heterocycles. The molecule has 1 aliphatic carbocycles. The molecule has 33 heavy (non-hydrogen) atoms. The summed E-state index contributed by atoms with van der Waals surface area (Å²) in [6.07, 6.45) is 6.98. The van der Waals surface area contributed by atoms with Crippen LogP contribution in [0.1, 0.15) is 6.42 Å². The molecular formula is C27H29N3O3. The molecule has 0 bridgehead atoms. The van der Waals surface area contributed by atoms with Crippen molar-refractivity contribution in [3.05, 3.63) is 96.7 Å². The van der Waals surface area contributed by atoms with Gasteiger partial charge in [0.1, 0.15) is 22.9 Å². The van der Waals surface area contributed by atoms with E-state index in [9.17, 15) is 0 Å². The Bertz CT molecular complexity index is 1060. The normalized spacial score (nSPS) is 14.1. The van der Waals surface area contributed by atoms with Gasteiger partial charge in [-0.05, 0) is 84.9 Å². The van der Waals surface area contributed by atoms with Crippen molar-refractivity contribution in [3.63, 3.8) is 0 Å². The second-order valence-corrected chi connectivity index (χ2v) is 7.76. The Labute approximate surface area is 194 Å². The van der Waals surface area contributed by atoms with E-state index in [1.165, 1.54) is 0 Å². The van der Waals surface area contributed by atoms with Crippen LogP contribution in [-0.2, 0) is 0 Å². The molecule has 0 heterocycles. The second kappa shape index (κ2) is 10.0. The van der Waals surface area contributed by atoms with E-state index in [0.29, 0.717) is 6.42 Å². The maximum absolute atomic E-state index is 5.30. The highest BCUT2D eigenvalue weighted by molar-refractivity contribution is 5.60. The highest BCUT2D eigenvalue weighted by atomic mass is 16.5. The molecule has 3 N–H and O–H groups in total. The van der Waals surface area contributed by atoms with Crippen LogP contribution in [-0.4, -0.2) is 27.0 Å². The maximum Gasteiger partial charge on any atom is 0.133 e. The molecule has 0 radical (unpaired) electrons. The van der Waals surface area contributed by atoms with Gasteiger partial charge in [-0.3, -0.25) is 0 Å². The smallest absolute Gasteiger partial charge is 0.133 e. The number of anilines is 3. The summed E-state index contributed by atoms with van der Waals surface area (Å²) in [5.74, 6) is 2.46. The van der Waals surface area contributed by atoms with Crippen LogP contribution in [0.3, 0.4) is 0 Å². The summed E-state index contributed by atoms with van der Waals surface area (Å²) in [7, 11) is 5.00. The van der Waals surface area contributed by atoms with Crippen molar-refractivity contribution in [1.29, 1.82) is 0 Å². The van der Waals surface area contributed by atoms with Gasteiger partial charge in [-0.1, -0.05) is 6.08 Å². The van der Waals surface area contributed by atoms with Crippen molar-refractivity contribution >= 4 is 17.1 Å². The van der Waals surface area contributed by atoms with Gasteiger partial charge in [0, 0.05) is 29.2 Å². The number of rotatable bonds is 9. The van der Waals surface area contributed by atoms with E-state index in [-0.39, 0.29) is 0 Å². The number of methoxy groups -OCH3 is 3. The van der Waals surface area contributed by atoms with Crippen molar-refractivity contribution in [2.24, 2.45) is 0 Å². The van der Waals surface area contributed by atoms with Crippen molar-refractivity contribution in [2.45, 2.75) is 12.1 Å². The van der Waals surface area contributed by atoms with Crippen LogP contribution in [0.25, 0.3) is 0 Å². The third-order valence-electron chi connectivity index (χ3n) is 5.46. The van der Waals surface area contributed by atoms with Crippen molar-refractivity contribution < 1.29 is 14.2 Å². The average Bonchev–Trinajstić information content (AvgIpc) is 2.85. The quantitative estimate of drug-likeness (QED) is 0.359. The summed E-state index contributed by atoms with van der Waals surface area (Å²) in [4.78, 5) is 0. The fourth-order valence-electron chi connectivity index (χ4n) is 3.76. The lowest BCUT2D eigenvalue weighted by atomic mass is 9.96. The van der Waals surface area contributed by atoms with Gasteiger partial charge in [0.2, 0.25) is 0 Å².